The zero-order valence-electron chi connectivity index (χ0n) is 12.5. The molecule has 0 unspecified atom stereocenters. The summed E-state index contributed by atoms with van der Waals surface area (Å²) < 4.78 is 37.0. The van der Waals surface area contributed by atoms with Crippen LogP contribution < -0.4 is 0 Å². The zero-order chi connectivity index (χ0) is 17.0. The number of benzene rings is 1. The molecule has 4 nitrogen and oxygen atoms in total. The van der Waals surface area contributed by atoms with Crippen LogP contribution in [0.1, 0.15) is 11.1 Å². The fourth-order valence-electron chi connectivity index (χ4n) is 2.13. The van der Waals surface area contributed by atoms with Gasteiger partial charge in [0.1, 0.15) is 0 Å². The van der Waals surface area contributed by atoms with E-state index >= 15 is 0 Å². The van der Waals surface area contributed by atoms with Crippen molar-refractivity contribution in [3.63, 3.8) is 0 Å². The fourth-order valence-corrected chi connectivity index (χ4v) is 2.13. The third kappa shape index (κ3) is 4.49. The number of hydrogen-bond donors (Lipinski definition) is 0. The van der Waals surface area contributed by atoms with E-state index in [-0.39, 0.29) is 26.2 Å². The summed E-state index contributed by atoms with van der Waals surface area (Å²) in [5, 5.41) is 0. The molecule has 2 amide bonds. The molecule has 0 N–H and O–H groups in total. The highest BCUT2D eigenvalue weighted by Gasteiger charge is 2.43. The van der Waals surface area contributed by atoms with E-state index < -0.39 is 18.0 Å². The Morgan fingerprint density at radius 2 is 1.52 bits per heavy atom. The van der Waals surface area contributed by atoms with Gasteiger partial charge in [-0.2, -0.15) is 13.2 Å². The van der Waals surface area contributed by atoms with Gasteiger partial charge in [0.05, 0.1) is 0 Å². The normalized spacial score (nSPS) is 15.0. The Morgan fingerprint density at radius 1 is 1.00 bits per heavy atom. The van der Waals surface area contributed by atoms with Gasteiger partial charge in [-0.25, -0.2) is 0 Å². The topological polar surface area (TPSA) is 40.6 Å². The highest BCUT2D eigenvalue weighted by Crippen LogP contribution is 2.19. The second-order valence-corrected chi connectivity index (χ2v) is 5.20. The molecule has 0 aromatic heterocycles. The molecule has 0 saturated carbocycles. The number of carbonyl (C=O) groups is 2. The minimum absolute atomic E-state index is 0.0449. The highest BCUT2D eigenvalue weighted by molar-refractivity contribution is 5.94. The summed E-state index contributed by atoms with van der Waals surface area (Å²) in [4.78, 5) is 25.1. The third-order valence-corrected chi connectivity index (χ3v) is 3.46. The summed E-state index contributed by atoms with van der Waals surface area (Å²) in [6, 6.07) is 7.32. The first-order valence-corrected chi connectivity index (χ1v) is 7.01. The summed E-state index contributed by atoms with van der Waals surface area (Å²) in [6.45, 7) is 1.74. The van der Waals surface area contributed by atoms with Crippen molar-refractivity contribution in [2.24, 2.45) is 0 Å². The summed E-state index contributed by atoms with van der Waals surface area (Å²) in [6.07, 6.45) is -4.88. The van der Waals surface area contributed by atoms with Crippen molar-refractivity contribution in [2.45, 2.75) is 13.1 Å². The van der Waals surface area contributed by atoms with Gasteiger partial charge in [-0.3, -0.25) is 9.59 Å². The van der Waals surface area contributed by atoms with E-state index in [2.05, 4.69) is 11.8 Å². The largest absolute Gasteiger partial charge is 0.471 e. The van der Waals surface area contributed by atoms with Gasteiger partial charge < -0.3 is 9.80 Å². The molecule has 122 valence electrons. The Morgan fingerprint density at radius 3 is 2.04 bits per heavy atom. The Hall–Kier alpha value is -2.49. The van der Waals surface area contributed by atoms with E-state index in [1.165, 1.54) is 4.90 Å². The second-order valence-electron chi connectivity index (χ2n) is 5.20. The van der Waals surface area contributed by atoms with Gasteiger partial charge in [0.15, 0.2) is 0 Å². The maximum Gasteiger partial charge on any atom is 0.471 e. The monoisotopic (exact) mass is 324 g/mol. The molecule has 0 spiro atoms. The molecule has 0 aliphatic carbocycles. The molecular weight excluding hydrogens is 309 g/mol. The molecule has 1 aromatic rings. The second kappa shape index (κ2) is 6.73. The molecule has 7 heteroatoms. The van der Waals surface area contributed by atoms with Crippen molar-refractivity contribution < 1.29 is 22.8 Å². The van der Waals surface area contributed by atoms with Crippen LogP contribution in [0, 0.1) is 18.8 Å². The number of carbonyl (C=O) groups excluding carboxylic acids is 2. The van der Waals surface area contributed by atoms with Gasteiger partial charge in [0, 0.05) is 37.7 Å². The van der Waals surface area contributed by atoms with Crippen LogP contribution in [0.2, 0.25) is 0 Å². The first-order valence-electron chi connectivity index (χ1n) is 7.01. The molecule has 2 rings (SSSR count). The molecule has 1 aliphatic heterocycles. The summed E-state index contributed by atoms with van der Waals surface area (Å²) in [7, 11) is 0. The predicted octanol–water partition coefficient (Wildman–Crippen LogP) is 1.58. The van der Waals surface area contributed by atoms with Crippen LogP contribution in [0.15, 0.2) is 24.3 Å². The van der Waals surface area contributed by atoms with Crippen LogP contribution in [0.4, 0.5) is 13.2 Å². The molecular formula is C16H15F3N2O2. The minimum Gasteiger partial charge on any atom is -0.331 e. The number of rotatable bonds is 0. The number of aryl methyl sites for hydroxylation is 1. The van der Waals surface area contributed by atoms with Gasteiger partial charge in [-0.05, 0) is 19.1 Å². The van der Waals surface area contributed by atoms with Gasteiger partial charge >= 0.3 is 12.1 Å². The third-order valence-electron chi connectivity index (χ3n) is 3.46. The van der Waals surface area contributed by atoms with E-state index in [9.17, 15) is 22.8 Å². The lowest BCUT2D eigenvalue weighted by molar-refractivity contribution is -0.187. The van der Waals surface area contributed by atoms with Crippen LogP contribution >= 0.6 is 0 Å². The Balaban J connectivity index is 1.92. The Bertz CT molecular complexity index is 649. The van der Waals surface area contributed by atoms with Crippen molar-refractivity contribution in [1.82, 2.24) is 9.80 Å². The molecule has 1 fully saturated rings. The van der Waals surface area contributed by atoms with E-state index in [1.807, 2.05) is 19.1 Å². The van der Waals surface area contributed by atoms with E-state index in [0.717, 1.165) is 5.56 Å². The van der Waals surface area contributed by atoms with Crippen molar-refractivity contribution in [3.05, 3.63) is 35.4 Å². The number of amides is 2. The maximum atomic E-state index is 12.3. The van der Waals surface area contributed by atoms with Crippen LogP contribution in [0.5, 0.6) is 0 Å². The molecule has 0 atom stereocenters. The van der Waals surface area contributed by atoms with Gasteiger partial charge in [0.25, 0.3) is 5.91 Å². The predicted molar refractivity (Wildman–Crippen MR) is 77.3 cm³/mol. The fraction of sp³-hybridized carbons (Fsp3) is 0.375. The number of alkyl halides is 3. The standard InChI is InChI=1S/C16H15F3N2O2/c1-12-2-4-13(5-3-12)6-7-14(22)20-8-10-21(11-9-20)15(23)16(17,18)19/h2-5H,8-11H2,1H3. The number of halogens is 3. The van der Waals surface area contributed by atoms with Crippen LogP contribution in [-0.4, -0.2) is 54.0 Å². The molecule has 1 heterocycles. The molecule has 1 saturated heterocycles. The van der Waals surface area contributed by atoms with E-state index in [1.54, 1.807) is 12.1 Å². The van der Waals surface area contributed by atoms with E-state index in [0.29, 0.717) is 10.5 Å². The van der Waals surface area contributed by atoms with Crippen molar-refractivity contribution in [3.8, 4) is 11.8 Å². The van der Waals surface area contributed by atoms with Crippen LogP contribution in [-0.2, 0) is 9.59 Å². The molecule has 1 aliphatic rings. The average molecular weight is 324 g/mol. The molecule has 0 radical (unpaired) electrons. The molecule has 23 heavy (non-hydrogen) atoms. The van der Waals surface area contributed by atoms with Gasteiger partial charge in [-0.1, -0.05) is 23.6 Å². The first kappa shape index (κ1) is 16.9. The first-order chi connectivity index (χ1) is 10.8. The summed E-state index contributed by atoms with van der Waals surface area (Å²) in [5.41, 5.74) is 1.77. The Kier molecular flexibility index (Phi) is 4.94. The maximum absolute atomic E-state index is 12.3. The van der Waals surface area contributed by atoms with Crippen molar-refractivity contribution >= 4 is 11.8 Å². The minimum atomic E-state index is -4.88. The molecule has 1 aromatic carbocycles. The zero-order valence-corrected chi connectivity index (χ0v) is 12.5. The van der Waals surface area contributed by atoms with Crippen molar-refractivity contribution in [2.75, 3.05) is 26.2 Å². The summed E-state index contributed by atoms with van der Waals surface area (Å²) >= 11 is 0. The SMILES string of the molecule is Cc1ccc(C#CC(=O)N2CCN(C(=O)C(F)(F)F)CC2)cc1. The average Bonchev–Trinajstić information content (AvgIpc) is 2.52. The smallest absolute Gasteiger partial charge is 0.331 e. The Labute approximate surface area is 131 Å². The van der Waals surface area contributed by atoms with Crippen molar-refractivity contribution in [1.29, 1.82) is 0 Å². The molecule has 0 bridgehead atoms. The number of hydrogen-bond acceptors (Lipinski definition) is 2. The number of piperazine rings is 1. The van der Waals surface area contributed by atoms with Gasteiger partial charge in [-0.15, -0.1) is 0 Å². The lowest BCUT2D eigenvalue weighted by Gasteiger charge is -2.33. The van der Waals surface area contributed by atoms with E-state index in [4.69, 9.17) is 0 Å². The lowest BCUT2D eigenvalue weighted by Crippen LogP contribution is -2.53. The lowest BCUT2D eigenvalue weighted by atomic mass is 10.1. The summed E-state index contributed by atoms with van der Waals surface area (Å²) in [5.74, 6) is 2.88. The van der Waals surface area contributed by atoms with Gasteiger partial charge in [0.2, 0.25) is 0 Å². The van der Waals surface area contributed by atoms with Crippen LogP contribution in [0.3, 0.4) is 0 Å². The quantitative estimate of drug-likeness (QED) is 0.680. The van der Waals surface area contributed by atoms with Crippen LogP contribution in [0.25, 0.3) is 0 Å². The highest BCUT2D eigenvalue weighted by atomic mass is 19.4. The number of nitrogens with zero attached hydrogens (tertiary/aromatic N) is 2.